The van der Waals surface area contributed by atoms with Gasteiger partial charge < -0.3 is 15.2 Å². The number of amides is 1. The van der Waals surface area contributed by atoms with E-state index in [9.17, 15) is 14.4 Å². The summed E-state index contributed by atoms with van der Waals surface area (Å²) < 4.78 is 12.1. The van der Waals surface area contributed by atoms with E-state index in [2.05, 4.69) is 0 Å². The summed E-state index contributed by atoms with van der Waals surface area (Å²) in [5, 5.41) is 0. The van der Waals surface area contributed by atoms with Crippen molar-refractivity contribution >= 4 is 17.8 Å². The van der Waals surface area contributed by atoms with Gasteiger partial charge in [0.15, 0.2) is 12.4 Å². The molecule has 2 rings (SSSR count). The number of esters is 2. The number of benzene rings is 1. The molecule has 124 valence electrons. The predicted octanol–water partition coefficient (Wildman–Crippen LogP) is 0.858. The highest BCUT2D eigenvalue weighted by Crippen LogP contribution is 2.24. The summed E-state index contributed by atoms with van der Waals surface area (Å²) in [7, 11) is 0. The number of primary amides is 1. The van der Waals surface area contributed by atoms with Gasteiger partial charge in [-0.2, -0.15) is 0 Å². The van der Waals surface area contributed by atoms with Gasteiger partial charge in [-0.3, -0.25) is 14.4 Å². The Bertz CT molecular complexity index is 740. The molecular weight excluding hydrogens is 312 g/mol. The minimum atomic E-state index is -1.82. The van der Waals surface area contributed by atoms with Crippen molar-refractivity contribution in [3.05, 3.63) is 66.0 Å². The zero-order valence-electron chi connectivity index (χ0n) is 13.3. The van der Waals surface area contributed by atoms with Gasteiger partial charge in [0.25, 0.3) is 0 Å². The molecule has 0 aliphatic carbocycles. The van der Waals surface area contributed by atoms with Crippen LogP contribution in [0.25, 0.3) is 0 Å². The van der Waals surface area contributed by atoms with Gasteiger partial charge in [-0.25, -0.2) is 0 Å². The van der Waals surface area contributed by atoms with Crippen LogP contribution in [0.4, 0.5) is 0 Å². The molecule has 1 amide bonds. The lowest BCUT2D eigenvalue weighted by atomic mass is 10.1. The summed E-state index contributed by atoms with van der Waals surface area (Å²) in [6.07, 6.45) is 2.89. The van der Waals surface area contributed by atoms with E-state index in [0.717, 1.165) is 0 Å². The van der Waals surface area contributed by atoms with Crippen molar-refractivity contribution in [3.8, 4) is 0 Å². The van der Waals surface area contributed by atoms with Crippen LogP contribution in [-0.2, 0) is 25.0 Å². The van der Waals surface area contributed by atoms with Gasteiger partial charge in [-0.1, -0.05) is 18.2 Å². The first-order valence-electron chi connectivity index (χ1n) is 7.11. The number of nitrogens with two attached hydrogens (primary N) is 1. The molecule has 0 aliphatic rings. The molecule has 0 aliphatic heterocycles. The predicted molar refractivity (Wildman–Crippen MR) is 82.2 cm³/mol. The van der Waals surface area contributed by atoms with Crippen molar-refractivity contribution in [2.24, 2.45) is 5.73 Å². The normalized spacial score (nSPS) is 10.8. The Morgan fingerprint density at radius 1 is 0.917 bits per heavy atom. The maximum Gasteiger partial charge on any atom is 0.510 e. The van der Waals surface area contributed by atoms with E-state index in [0.29, 0.717) is 5.56 Å². The van der Waals surface area contributed by atoms with Crippen LogP contribution in [0.1, 0.15) is 29.8 Å². The molecule has 0 saturated heterocycles. The number of ether oxygens (including phenoxy) is 2. The summed E-state index contributed by atoms with van der Waals surface area (Å²) in [6, 6.07) is 11.4. The van der Waals surface area contributed by atoms with Gasteiger partial charge in [-0.05, 0) is 12.1 Å². The molecule has 0 saturated carbocycles. The van der Waals surface area contributed by atoms with Crippen LogP contribution in [-0.4, -0.2) is 17.8 Å². The van der Waals surface area contributed by atoms with Crippen molar-refractivity contribution < 1.29 is 28.4 Å². The largest absolute Gasteiger partial charge is 0.510 e. The Balaban J connectivity index is 2.65. The molecule has 0 fully saturated rings. The zero-order valence-corrected chi connectivity index (χ0v) is 13.3. The lowest BCUT2D eigenvalue weighted by Gasteiger charge is -2.25. The molecule has 0 bridgehead atoms. The van der Waals surface area contributed by atoms with Gasteiger partial charge in [-0.15, -0.1) is 4.57 Å². The minimum absolute atomic E-state index is 0.263. The van der Waals surface area contributed by atoms with Crippen molar-refractivity contribution in [2.75, 3.05) is 0 Å². The van der Waals surface area contributed by atoms with Crippen molar-refractivity contribution in [1.29, 1.82) is 0 Å². The molecule has 0 atom stereocenters. The summed E-state index contributed by atoms with van der Waals surface area (Å²) >= 11 is 0. The summed E-state index contributed by atoms with van der Waals surface area (Å²) in [6.45, 7) is 2.42. The SMILES string of the molecule is CC(=O)OC(OC(C)=O)(c1ccccc1)[n+]1ccc(C(N)=O)cc1. The van der Waals surface area contributed by atoms with Gasteiger partial charge in [0.05, 0.1) is 5.56 Å². The van der Waals surface area contributed by atoms with Crippen LogP contribution in [0.3, 0.4) is 0 Å². The number of carbonyl (C=O) groups excluding carboxylic acids is 3. The second-order valence-electron chi connectivity index (χ2n) is 4.99. The van der Waals surface area contributed by atoms with E-state index in [4.69, 9.17) is 15.2 Å². The Hall–Kier alpha value is -3.22. The zero-order chi connectivity index (χ0) is 17.7. The van der Waals surface area contributed by atoms with E-state index in [1.54, 1.807) is 30.3 Å². The van der Waals surface area contributed by atoms with Crippen LogP contribution in [0, 0.1) is 0 Å². The molecule has 24 heavy (non-hydrogen) atoms. The molecule has 0 spiro atoms. The average molecular weight is 329 g/mol. The van der Waals surface area contributed by atoms with E-state index in [-0.39, 0.29) is 5.56 Å². The highest BCUT2D eigenvalue weighted by molar-refractivity contribution is 5.92. The third-order valence-electron chi connectivity index (χ3n) is 3.16. The van der Waals surface area contributed by atoms with Crippen LogP contribution in [0.15, 0.2) is 54.9 Å². The molecule has 2 aromatic rings. The number of hydrogen-bond acceptors (Lipinski definition) is 5. The van der Waals surface area contributed by atoms with Crippen LogP contribution in [0.2, 0.25) is 0 Å². The fourth-order valence-electron chi connectivity index (χ4n) is 2.22. The second kappa shape index (κ2) is 6.91. The quantitative estimate of drug-likeness (QED) is 0.498. The first-order valence-corrected chi connectivity index (χ1v) is 7.11. The van der Waals surface area contributed by atoms with Crippen molar-refractivity contribution in [3.63, 3.8) is 0 Å². The molecule has 0 unspecified atom stereocenters. The standard InChI is InChI=1S/C17H16N2O5/c1-12(20)23-17(24-13(2)21,15-6-4-3-5-7-15)19-10-8-14(9-11-19)16(18)22/h3-11H,1-2H3,(H-,18,22)/p+1. The molecule has 0 radical (unpaired) electrons. The van der Waals surface area contributed by atoms with Gasteiger partial charge in [0, 0.05) is 26.0 Å². The summed E-state index contributed by atoms with van der Waals surface area (Å²) in [5.41, 5.74) is 5.91. The lowest BCUT2D eigenvalue weighted by molar-refractivity contribution is -0.832. The Morgan fingerprint density at radius 2 is 1.42 bits per heavy atom. The third-order valence-corrected chi connectivity index (χ3v) is 3.16. The molecule has 7 nitrogen and oxygen atoms in total. The van der Waals surface area contributed by atoms with Gasteiger partial charge in [0.1, 0.15) is 5.56 Å². The van der Waals surface area contributed by atoms with E-state index in [1.807, 2.05) is 0 Å². The highest BCUT2D eigenvalue weighted by atomic mass is 16.8. The van der Waals surface area contributed by atoms with Crippen LogP contribution in [0.5, 0.6) is 0 Å². The fourth-order valence-corrected chi connectivity index (χ4v) is 2.22. The Morgan fingerprint density at radius 3 is 1.83 bits per heavy atom. The smallest absolute Gasteiger partial charge is 0.366 e. The highest BCUT2D eigenvalue weighted by Gasteiger charge is 2.50. The van der Waals surface area contributed by atoms with E-state index < -0.39 is 23.8 Å². The lowest BCUT2D eigenvalue weighted by Crippen LogP contribution is -2.61. The Kier molecular flexibility index (Phi) is 4.93. The molecule has 2 N–H and O–H groups in total. The summed E-state index contributed by atoms with van der Waals surface area (Å²) in [5.74, 6) is -3.72. The molecule has 1 aromatic heterocycles. The topological polar surface area (TPSA) is 99.6 Å². The van der Waals surface area contributed by atoms with Gasteiger partial charge >= 0.3 is 17.8 Å². The van der Waals surface area contributed by atoms with E-state index >= 15 is 0 Å². The van der Waals surface area contributed by atoms with Crippen molar-refractivity contribution in [2.45, 2.75) is 19.8 Å². The fraction of sp³-hybridized carbons (Fsp3) is 0.176. The number of hydrogen-bond donors (Lipinski definition) is 1. The number of carbonyl (C=O) groups is 3. The van der Waals surface area contributed by atoms with Crippen LogP contribution >= 0.6 is 0 Å². The maximum atomic E-state index is 11.7. The maximum absolute atomic E-state index is 11.7. The second-order valence-corrected chi connectivity index (χ2v) is 4.99. The number of pyridine rings is 1. The number of aromatic nitrogens is 1. The molecule has 1 aromatic carbocycles. The molecular formula is C17H17N2O5+. The number of rotatable bonds is 5. The first kappa shape index (κ1) is 17.1. The monoisotopic (exact) mass is 329 g/mol. The molecule has 7 heteroatoms. The van der Waals surface area contributed by atoms with Crippen LogP contribution < -0.4 is 10.3 Å². The minimum Gasteiger partial charge on any atom is -0.366 e. The van der Waals surface area contributed by atoms with Crippen molar-refractivity contribution in [1.82, 2.24) is 0 Å². The Labute approximate surface area is 138 Å². The number of nitrogens with zero attached hydrogens (tertiary/aromatic N) is 1. The van der Waals surface area contributed by atoms with E-state index in [1.165, 1.54) is 42.9 Å². The molecule has 1 heterocycles. The average Bonchev–Trinajstić information content (AvgIpc) is 2.54. The first-order chi connectivity index (χ1) is 11.3. The summed E-state index contributed by atoms with van der Waals surface area (Å²) in [4.78, 5) is 34.6. The third kappa shape index (κ3) is 3.57. The van der Waals surface area contributed by atoms with Gasteiger partial charge in [0.2, 0.25) is 5.91 Å².